The Hall–Kier alpha value is 4.81. The Kier molecular flexibility index (Phi) is 134. The molecule has 71 valence electrons. The van der Waals surface area contributed by atoms with Gasteiger partial charge in [-0.3, -0.25) is 0 Å². The molecule has 0 aromatic heterocycles. The van der Waals surface area contributed by atoms with E-state index in [4.69, 9.17) is 19.2 Å². The van der Waals surface area contributed by atoms with Gasteiger partial charge in [0.15, 0.2) is 17.4 Å². The monoisotopic (exact) mass is 373 g/mol. The Labute approximate surface area is 181 Å². The molecule has 0 aromatic rings. The van der Waals surface area contributed by atoms with Crippen LogP contribution in [0.25, 0.3) is 0 Å². The van der Waals surface area contributed by atoms with E-state index in [9.17, 15) is 0 Å². The predicted molar refractivity (Wildman–Crippen MR) is 30.0 cm³/mol. The van der Waals surface area contributed by atoms with Gasteiger partial charge in [0.05, 0.1) is 0 Å². The maximum absolute atomic E-state index is 8.88. The molecular formula is H10AlCrFeKMnNaO5P. The van der Waals surface area contributed by atoms with Crippen molar-refractivity contribution in [2.75, 3.05) is 0 Å². The van der Waals surface area contributed by atoms with Gasteiger partial charge in [-0.25, -0.2) is 4.57 Å². The fourth-order valence-electron chi connectivity index (χ4n) is 0. The van der Waals surface area contributed by atoms with E-state index in [1.54, 1.807) is 0 Å². The summed E-state index contributed by atoms with van der Waals surface area (Å²) in [5, 5.41) is 0. The van der Waals surface area contributed by atoms with Gasteiger partial charge in [0.2, 0.25) is 0 Å². The first-order valence-corrected chi connectivity index (χ1v) is 2.35. The van der Waals surface area contributed by atoms with Crippen molar-refractivity contribution in [2.45, 2.75) is 0 Å². The summed E-state index contributed by atoms with van der Waals surface area (Å²) in [6.45, 7) is 0. The van der Waals surface area contributed by atoms with Crippen LogP contribution in [-0.2, 0) is 56.1 Å². The van der Waals surface area contributed by atoms with Crippen molar-refractivity contribution < 1.29 is 160 Å². The molecule has 0 atom stereocenters. The van der Waals surface area contributed by atoms with Crippen molar-refractivity contribution in [3.8, 4) is 0 Å². The van der Waals surface area contributed by atoms with Gasteiger partial charge in [0, 0.05) is 51.5 Å². The van der Waals surface area contributed by atoms with Crippen molar-refractivity contribution in [3.63, 3.8) is 0 Å². The van der Waals surface area contributed by atoms with Crippen LogP contribution in [0.15, 0.2) is 0 Å². The fourth-order valence-corrected chi connectivity index (χ4v) is 0. The second-order valence-electron chi connectivity index (χ2n) is 0.513. The first-order valence-electron chi connectivity index (χ1n) is 0.783. The Morgan fingerprint density at radius 1 is 1.17 bits per heavy atom. The van der Waals surface area contributed by atoms with Crippen LogP contribution in [-0.4, -0.2) is 37.5 Å². The number of phosphoric acid groups is 1. The van der Waals surface area contributed by atoms with E-state index in [0.29, 0.717) is 0 Å². The minimum atomic E-state index is -4.64. The zero-order valence-corrected chi connectivity index (χ0v) is 15.4. The molecule has 0 aliphatic heterocycles. The van der Waals surface area contributed by atoms with Gasteiger partial charge in [0.1, 0.15) is 0 Å². The molecule has 1 radical (unpaired) electrons. The van der Waals surface area contributed by atoms with Gasteiger partial charge in [-0.1, -0.05) is 0 Å². The maximum Gasteiger partial charge on any atom is 1.00 e. The second-order valence-corrected chi connectivity index (χ2v) is 1.54. The number of rotatable bonds is 0. The van der Waals surface area contributed by atoms with Crippen LogP contribution in [0.5, 0.6) is 0 Å². The maximum atomic E-state index is 8.88. The van der Waals surface area contributed by atoms with Crippen LogP contribution in [0.4, 0.5) is 0 Å². The third-order valence-corrected chi connectivity index (χ3v) is 0. The summed E-state index contributed by atoms with van der Waals surface area (Å²) in [7, 11) is -4.64. The van der Waals surface area contributed by atoms with E-state index in [2.05, 4.69) is 0 Å². The van der Waals surface area contributed by atoms with Crippen molar-refractivity contribution in [1.82, 2.24) is 0 Å². The molecule has 0 aliphatic carbocycles. The van der Waals surface area contributed by atoms with Gasteiger partial charge >= 0.3 is 88.8 Å². The molecule has 0 spiro atoms. The normalized spacial score (nSPS) is 4.92. The summed E-state index contributed by atoms with van der Waals surface area (Å²) in [5.41, 5.74) is 0. The zero-order valence-electron chi connectivity index (χ0n) is 7.84. The molecule has 0 aromatic carbocycles. The minimum absolute atomic E-state index is 0. The van der Waals surface area contributed by atoms with Gasteiger partial charge < -0.3 is 23.0 Å². The third kappa shape index (κ3) is 122. The van der Waals surface area contributed by atoms with Gasteiger partial charge in [0.25, 0.3) is 0 Å². The van der Waals surface area contributed by atoms with Crippen molar-refractivity contribution in [2.24, 2.45) is 0 Å². The van der Waals surface area contributed by atoms with Crippen LogP contribution in [0.3, 0.4) is 0 Å². The molecule has 0 aliphatic rings. The molecule has 0 amide bonds. The Bertz CT molecular complexity index is 85.9. The zero-order chi connectivity index (χ0) is 4.50. The molecule has 0 fully saturated rings. The topological polar surface area (TPSA) is 109 Å². The van der Waals surface area contributed by atoms with E-state index >= 15 is 0 Å². The molecule has 5 nitrogen and oxygen atoms in total. The molecular weight excluding hydrogens is 363 g/mol. The molecule has 0 saturated heterocycles. The Morgan fingerprint density at radius 2 is 1.17 bits per heavy atom. The summed E-state index contributed by atoms with van der Waals surface area (Å²) in [6.07, 6.45) is 0. The average molecular weight is 373 g/mol. The molecule has 12 heavy (non-hydrogen) atoms. The van der Waals surface area contributed by atoms with E-state index < -0.39 is 7.82 Å². The largest absolute Gasteiger partial charge is 1.00 e. The molecule has 5 N–H and O–H groups in total. The summed E-state index contributed by atoms with van der Waals surface area (Å²) in [4.78, 5) is 21.6. The summed E-state index contributed by atoms with van der Waals surface area (Å²) >= 11 is 0. The van der Waals surface area contributed by atoms with Crippen LogP contribution in [0.2, 0.25) is 0 Å². The van der Waals surface area contributed by atoms with Gasteiger partial charge in [-0.2, -0.15) is 0 Å². The number of hydrogen-bond donors (Lipinski definition) is 3. The van der Waals surface area contributed by atoms with Crippen LogP contribution < -0.4 is 80.9 Å². The standard InChI is InChI=1S/Al.Cr.Fe.K.Mn.Na.H3O4P.H2O.5H/c;;;;;;1-5(2,3)4;;;;;;/h;;;;;;(H3,1,2,3,4);1H2;;;;;/q;;;+1;;+1;;;;;;2*-1. The van der Waals surface area contributed by atoms with Gasteiger partial charge in [-0.05, 0) is 0 Å². The third-order valence-electron chi connectivity index (χ3n) is 0. The quantitative estimate of drug-likeness (QED) is 0.290. The van der Waals surface area contributed by atoms with E-state index in [1.807, 2.05) is 0 Å². The Morgan fingerprint density at radius 3 is 1.17 bits per heavy atom. The van der Waals surface area contributed by atoms with E-state index in [-0.39, 0.29) is 158 Å². The summed E-state index contributed by atoms with van der Waals surface area (Å²) in [5.74, 6) is 0. The molecule has 0 saturated carbocycles. The first kappa shape index (κ1) is 54.1. The summed E-state index contributed by atoms with van der Waals surface area (Å²) < 4.78 is 8.88. The predicted octanol–water partition coefficient (Wildman–Crippen LogP) is -8.71. The molecule has 0 rings (SSSR count). The first-order chi connectivity index (χ1) is 2.00. The van der Waals surface area contributed by atoms with Gasteiger partial charge in [-0.15, -0.1) is 0 Å². The van der Waals surface area contributed by atoms with Crippen LogP contribution in [0, 0.1) is 0 Å². The Balaban J connectivity index is -0.00000000222. The second kappa shape index (κ2) is 29.7. The summed E-state index contributed by atoms with van der Waals surface area (Å²) in [6, 6.07) is 0. The van der Waals surface area contributed by atoms with Crippen LogP contribution >= 0.6 is 7.82 Å². The van der Waals surface area contributed by atoms with E-state index in [0.717, 1.165) is 0 Å². The van der Waals surface area contributed by atoms with E-state index in [1.165, 1.54) is 0 Å². The fraction of sp³-hybridized carbons (Fsp3) is 0. The smallest absolute Gasteiger partial charge is 1.00 e. The van der Waals surface area contributed by atoms with Crippen LogP contribution in [0.1, 0.15) is 2.85 Å². The molecule has 12 heteroatoms. The number of hydrogen-bond acceptors (Lipinski definition) is 1. The molecule has 0 bridgehead atoms. The van der Waals surface area contributed by atoms with Crippen molar-refractivity contribution in [3.05, 3.63) is 0 Å². The van der Waals surface area contributed by atoms with Crippen molar-refractivity contribution >= 4 is 25.2 Å². The van der Waals surface area contributed by atoms with Crippen molar-refractivity contribution in [1.29, 1.82) is 0 Å². The average Bonchev–Trinajstić information content (AvgIpc) is 0.722. The SMILES string of the molecule is O.O=P(O)(O)O.[AlH3].[Cr].[Fe].[H-].[H-].[K+].[Mn].[Na+]. The molecule has 0 heterocycles. The molecule has 0 unspecified atom stereocenters. The minimum Gasteiger partial charge on any atom is -1.00 e.